The third-order valence-electron chi connectivity index (χ3n) is 5.02. The third kappa shape index (κ3) is 6.76. The van der Waals surface area contributed by atoms with Gasteiger partial charge < -0.3 is 5.32 Å². The summed E-state index contributed by atoms with van der Waals surface area (Å²) in [5, 5.41) is 4.64. The lowest BCUT2D eigenvalue weighted by Crippen LogP contribution is -2.45. The van der Waals surface area contributed by atoms with Gasteiger partial charge in [0, 0.05) is 46.2 Å². The molecule has 1 heterocycles. The van der Waals surface area contributed by atoms with Crippen LogP contribution in [0.2, 0.25) is 15.1 Å². The number of benzene rings is 2. The average molecular weight is 522 g/mol. The maximum Gasteiger partial charge on any atom is 0.243 e. The highest BCUT2D eigenvalue weighted by molar-refractivity contribution is 7.98. The molecule has 1 saturated heterocycles. The highest BCUT2D eigenvalue weighted by Gasteiger charge is 2.33. The fourth-order valence-corrected chi connectivity index (χ4v) is 6.41. The SMILES string of the molecule is O=C(NCCSCc1ccc(Cl)cc1Cl)[C@H]1CCCN(S(=O)(=O)c2ccc(Cl)cc2)C1. The summed E-state index contributed by atoms with van der Waals surface area (Å²) in [5.74, 6) is 0.986. The Balaban J connectivity index is 1.46. The van der Waals surface area contributed by atoms with Crippen LogP contribution in [0.1, 0.15) is 18.4 Å². The monoisotopic (exact) mass is 520 g/mol. The van der Waals surface area contributed by atoms with Gasteiger partial charge in [-0.05, 0) is 54.8 Å². The van der Waals surface area contributed by atoms with E-state index in [1.54, 1.807) is 36.0 Å². The largest absolute Gasteiger partial charge is 0.355 e. The van der Waals surface area contributed by atoms with Crippen molar-refractivity contribution in [3.63, 3.8) is 0 Å². The third-order valence-corrected chi connectivity index (χ3v) is 8.75. The standard InChI is InChI=1S/C21H23Cl3N2O3S2/c22-17-5-7-19(8-6-17)31(28,29)26-10-1-2-15(13-26)21(27)25-9-11-30-14-16-3-4-18(23)12-20(16)24/h3-8,12,15H,1-2,9-11,13-14H2,(H,25,27)/t15-/m0/s1. The number of sulfonamides is 1. The minimum atomic E-state index is -3.64. The van der Waals surface area contributed by atoms with Crippen molar-refractivity contribution < 1.29 is 13.2 Å². The Bertz CT molecular complexity index is 1020. The normalized spacial score (nSPS) is 17.5. The van der Waals surface area contributed by atoms with Gasteiger partial charge in [0.15, 0.2) is 0 Å². The summed E-state index contributed by atoms with van der Waals surface area (Å²) in [6.07, 6.45) is 1.32. The summed E-state index contributed by atoms with van der Waals surface area (Å²) in [4.78, 5) is 12.8. The molecule has 0 spiro atoms. The fraction of sp³-hybridized carbons (Fsp3) is 0.381. The summed E-state index contributed by atoms with van der Waals surface area (Å²) in [7, 11) is -3.64. The first-order valence-electron chi connectivity index (χ1n) is 9.82. The molecule has 168 valence electrons. The van der Waals surface area contributed by atoms with Gasteiger partial charge in [0.25, 0.3) is 0 Å². The first-order chi connectivity index (χ1) is 14.8. The lowest BCUT2D eigenvalue weighted by Gasteiger charge is -2.31. The molecule has 5 nitrogen and oxygen atoms in total. The smallest absolute Gasteiger partial charge is 0.243 e. The first kappa shape index (κ1) is 24.7. The molecule has 0 unspecified atom stereocenters. The van der Waals surface area contributed by atoms with E-state index in [1.165, 1.54) is 16.4 Å². The van der Waals surface area contributed by atoms with E-state index in [2.05, 4.69) is 5.32 Å². The molecule has 0 aromatic heterocycles. The second-order valence-electron chi connectivity index (χ2n) is 7.24. The van der Waals surface area contributed by atoms with E-state index in [1.807, 2.05) is 6.07 Å². The van der Waals surface area contributed by atoms with E-state index in [9.17, 15) is 13.2 Å². The summed E-state index contributed by atoms with van der Waals surface area (Å²) in [6, 6.07) is 11.5. The van der Waals surface area contributed by atoms with E-state index < -0.39 is 10.0 Å². The van der Waals surface area contributed by atoms with E-state index >= 15 is 0 Å². The molecule has 10 heteroatoms. The lowest BCUT2D eigenvalue weighted by atomic mass is 9.99. The van der Waals surface area contributed by atoms with Crippen molar-refractivity contribution in [2.75, 3.05) is 25.4 Å². The van der Waals surface area contributed by atoms with Crippen LogP contribution in [0.25, 0.3) is 0 Å². The van der Waals surface area contributed by atoms with Crippen molar-refractivity contribution in [3.8, 4) is 0 Å². The number of carbonyl (C=O) groups excluding carboxylic acids is 1. The van der Waals surface area contributed by atoms with Gasteiger partial charge in [-0.25, -0.2) is 8.42 Å². The number of halogens is 3. The van der Waals surface area contributed by atoms with Gasteiger partial charge in [-0.1, -0.05) is 40.9 Å². The van der Waals surface area contributed by atoms with Crippen LogP contribution in [0.15, 0.2) is 47.4 Å². The van der Waals surface area contributed by atoms with Crippen molar-refractivity contribution in [2.45, 2.75) is 23.5 Å². The van der Waals surface area contributed by atoms with Crippen molar-refractivity contribution in [3.05, 3.63) is 63.1 Å². The fourth-order valence-electron chi connectivity index (χ4n) is 3.34. The second kappa shape index (κ2) is 11.3. The number of rotatable bonds is 8. The minimum absolute atomic E-state index is 0.110. The highest BCUT2D eigenvalue weighted by Crippen LogP contribution is 2.26. The molecule has 0 aliphatic carbocycles. The summed E-state index contributed by atoms with van der Waals surface area (Å²) >= 11 is 19.6. The zero-order valence-electron chi connectivity index (χ0n) is 16.7. The van der Waals surface area contributed by atoms with Gasteiger partial charge in [-0.3, -0.25) is 4.79 Å². The molecule has 1 aliphatic rings. The van der Waals surface area contributed by atoms with Crippen LogP contribution in [-0.4, -0.2) is 44.0 Å². The molecule has 1 aliphatic heterocycles. The average Bonchev–Trinajstić information content (AvgIpc) is 2.75. The zero-order chi connectivity index (χ0) is 22.4. The molecule has 3 rings (SSSR count). The van der Waals surface area contributed by atoms with Crippen molar-refractivity contribution in [1.82, 2.24) is 9.62 Å². The molecule has 0 radical (unpaired) electrons. The van der Waals surface area contributed by atoms with Crippen LogP contribution in [0, 0.1) is 5.92 Å². The number of piperidine rings is 1. The van der Waals surface area contributed by atoms with Crippen LogP contribution in [-0.2, 0) is 20.6 Å². The van der Waals surface area contributed by atoms with Crippen molar-refractivity contribution in [2.24, 2.45) is 5.92 Å². The molecular weight excluding hydrogens is 499 g/mol. The Hall–Kier alpha value is -0.960. The quantitative estimate of drug-likeness (QED) is 0.491. The Kier molecular flexibility index (Phi) is 8.96. The van der Waals surface area contributed by atoms with E-state index in [0.717, 1.165) is 17.1 Å². The van der Waals surface area contributed by atoms with Crippen LogP contribution < -0.4 is 5.32 Å². The van der Waals surface area contributed by atoms with E-state index in [4.69, 9.17) is 34.8 Å². The Morgan fingerprint density at radius 2 is 1.81 bits per heavy atom. The Morgan fingerprint density at radius 3 is 2.52 bits per heavy atom. The molecule has 1 atom stereocenters. The predicted molar refractivity (Wildman–Crippen MR) is 129 cm³/mol. The molecule has 31 heavy (non-hydrogen) atoms. The Labute approximate surface area is 202 Å². The number of hydrogen-bond acceptors (Lipinski definition) is 4. The number of hydrogen-bond donors (Lipinski definition) is 1. The summed E-state index contributed by atoms with van der Waals surface area (Å²) < 4.78 is 27.1. The number of carbonyl (C=O) groups is 1. The van der Waals surface area contributed by atoms with Gasteiger partial charge in [0.2, 0.25) is 15.9 Å². The van der Waals surface area contributed by atoms with Crippen molar-refractivity contribution in [1.29, 1.82) is 0 Å². The lowest BCUT2D eigenvalue weighted by molar-refractivity contribution is -0.125. The zero-order valence-corrected chi connectivity index (χ0v) is 20.6. The maximum atomic E-state index is 12.9. The van der Waals surface area contributed by atoms with Gasteiger partial charge in [0.05, 0.1) is 10.8 Å². The first-order valence-corrected chi connectivity index (χ1v) is 13.6. The molecule has 0 bridgehead atoms. The van der Waals surface area contributed by atoms with E-state index in [-0.39, 0.29) is 23.3 Å². The molecule has 1 amide bonds. The van der Waals surface area contributed by atoms with Gasteiger partial charge in [-0.15, -0.1) is 0 Å². The van der Waals surface area contributed by atoms with Crippen LogP contribution in [0.4, 0.5) is 0 Å². The molecule has 1 fully saturated rings. The van der Waals surface area contributed by atoms with Crippen LogP contribution in [0.3, 0.4) is 0 Å². The molecule has 2 aromatic rings. The highest BCUT2D eigenvalue weighted by atomic mass is 35.5. The molecule has 0 saturated carbocycles. The topological polar surface area (TPSA) is 66.5 Å². The molecular formula is C21H23Cl3N2O3S2. The van der Waals surface area contributed by atoms with Gasteiger partial charge in [0.1, 0.15) is 0 Å². The number of thioether (sulfide) groups is 1. The molecule has 2 aromatic carbocycles. The second-order valence-corrected chi connectivity index (χ2v) is 11.6. The van der Waals surface area contributed by atoms with E-state index in [0.29, 0.717) is 41.0 Å². The minimum Gasteiger partial charge on any atom is -0.355 e. The predicted octanol–water partition coefficient (Wildman–Crippen LogP) is 5.10. The number of amides is 1. The maximum absolute atomic E-state index is 12.9. The summed E-state index contributed by atoms with van der Waals surface area (Å²) in [6.45, 7) is 1.10. The Morgan fingerprint density at radius 1 is 1.10 bits per heavy atom. The summed E-state index contributed by atoms with van der Waals surface area (Å²) in [5.41, 5.74) is 0.998. The van der Waals surface area contributed by atoms with Crippen LogP contribution in [0.5, 0.6) is 0 Å². The van der Waals surface area contributed by atoms with Gasteiger partial charge >= 0.3 is 0 Å². The molecule has 1 N–H and O–H groups in total. The van der Waals surface area contributed by atoms with Crippen molar-refractivity contribution >= 4 is 62.5 Å². The number of nitrogens with zero attached hydrogens (tertiary/aromatic N) is 1. The van der Waals surface area contributed by atoms with Crippen LogP contribution >= 0.6 is 46.6 Å². The van der Waals surface area contributed by atoms with Gasteiger partial charge in [-0.2, -0.15) is 16.1 Å². The number of nitrogens with one attached hydrogen (secondary N) is 1.